The Bertz CT molecular complexity index is 645. The van der Waals surface area contributed by atoms with Crippen LogP contribution in [0.2, 0.25) is 0 Å². The van der Waals surface area contributed by atoms with Gasteiger partial charge in [0.25, 0.3) is 0 Å². The number of hydrogen-bond acceptors (Lipinski definition) is 1. The molecule has 0 spiro atoms. The molecule has 21 heavy (non-hydrogen) atoms. The summed E-state index contributed by atoms with van der Waals surface area (Å²) in [5, 5.41) is 9.88. The van der Waals surface area contributed by atoms with Gasteiger partial charge in [0.05, 0.1) is 11.1 Å². The van der Waals surface area contributed by atoms with Crippen LogP contribution in [0.3, 0.4) is 0 Å². The van der Waals surface area contributed by atoms with E-state index in [2.05, 4.69) is 0 Å². The SMILES string of the molecule is OC(c1cc(F)ccc1C(F)(F)F)c1c(F)cccc1F. The highest BCUT2D eigenvalue weighted by molar-refractivity contribution is 5.38. The highest BCUT2D eigenvalue weighted by Crippen LogP contribution is 2.38. The minimum absolute atomic E-state index is 0.402. The van der Waals surface area contributed by atoms with Gasteiger partial charge in [-0.05, 0) is 30.3 Å². The predicted octanol–water partition coefficient (Wildman–Crippen LogP) is 4.20. The second kappa shape index (κ2) is 5.40. The Morgan fingerprint density at radius 1 is 0.905 bits per heavy atom. The Morgan fingerprint density at radius 3 is 2.00 bits per heavy atom. The fourth-order valence-corrected chi connectivity index (χ4v) is 1.95. The standard InChI is InChI=1S/C14H8F6O/c15-7-4-5-9(14(18,19)20)8(6-7)13(21)12-10(16)2-1-3-11(12)17/h1-6,13,21H. The number of benzene rings is 2. The fourth-order valence-electron chi connectivity index (χ4n) is 1.95. The number of alkyl halides is 3. The van der Waals surface area contributed by atoms with Crippen molar-refractivity contribution in [1.29, 1.82) is 0 Å². The largest absolute Gasteiger partial charge is 0.416 e. The van der Waals surface area contributed by atoms with E-state index >= 15 is 0 Å². The first-order valence-electron chi connectivity index (χ1n) is 5.70. The van der Waals surface area contributed by atoms with Gasteiger partial charge in [0, 0.05) is 5.56 Å². The van der Waals surface area contributed by atoms with Crippen LogP contribution in [0, 0.1) is 17.5 Å². The molecule has 112 valence electrons. The van der Waals surface area contributed by atoms with Gasteiger partial charge in [-0.25, -0.2) is 13.2 Å². The van der Waals surface area contributed by atoms with Crippen LogP contribution in [0.4, 0.5) is 26.3 Å². The van der Waals surface area contributed by atoms with Crippen molar-refractivity contribution in [2.24, 2.45) is 0 Å². The molecular formula is C14H8F6O. The molecule has 0 amide bonds. The van der Waals surface area contributed by atoms with Crippen LogP contribution >= 0.6 is 0 Å². The lowest BCUT2D eigenvalue weighted by molar-refractivity contribution is -0.139. The lowest BCUT2D eigenvalue weighted by atomic mass is 9.95. The van der Waals surface area contributed by atoms with E-state index < -0.39 is 46.4 Å². The molecule has 1 atom stereocenters. The highest BCUT2D eigenvalue weighted by Gasteiger charge is 2.36. The first-order chi connectivity index (χ1) is 9.71. The van der Waals surface area contributed by atoms with E-state index in [0.717, 1.165) is 18.2 Å². The van der Waals surface area contributed by atoms with E-state index in [1.54, 1.807) is 0 Å². The Kier molecular flexibility index (Phi) is 3.95. The zero-order valence-electron chi connectivity index (χ0n) is 10.3. The Balaban J connectivity index is 2.63. The van der Waals surface area contributed by atoms with Gasteiger partial charge in [-0.1, -0.05) is 6.07 Å². The van der Waals surface area contributed by atoms with Crippen molar-refractivity contribution in [3.05, 3.63) is 70.5 Å². The number of aliphatic hydroxyl groups excluding tert-OH is 1. The molecule has 7 heteroatoms. The van der Waals surface area contributed by atoms with Crippen LogP contribution in [0.25, 0.3) is 0 Å². The summed E-state index contributed by atoms with van der Waals surface area (Å²) in [6.07, 6.45) is -7.18. The Labute approximate surface area is 115 Å². The summed E-state index contributed by atoms with van der Waals surface area (Å²) >= 11 is 0. The Hall–Kier alpha value is -2.02. The molecule has 2 aromatic carbocycles. The van der Waals surface area contributed by atoms with E-state index in [-0.39, 0.29) is 0 Å². The van der Waals surface area contributed by atoms with E-state index in [4.69, 9.17) is 0 Å². The summed E-state index contributed by atoms with van der Waals surface area (Å²) < 4.78 is 78.7. The molecule has 1 N–H and O–H groups in total. The third-order valence-electron chi connectivity index (χ3n) is 2.89. The van der Waals surface area contributed by atoms with Gasteiger partial charge in [-0.2, -0.15) is 13.2 Å². The minimum Gasteiger partial charge on any atom is -0.383 e. The lowest BCUT2D eigenvalue weighted by Gasteiger charge is -2.18. The normalized spacial score (nSPS) is 13.3. The Morgan fingerprint density at radius 2 is 1.48 bits per heavy atom. The molecule has 0 saturated heterocycles. The number of hydrogen-bond donors (Lipinski definition) is 1. The molecule has 1 unspecified atom stereocenters. The van der Waals surface area contributed by atoms with Crippen molar-refractivity contribution in [2.75, 3.05) is 0 Å². The van der Waals surface area contributed by atoms with Crippen molar-refractivity contribution < 1.29 is 31.4 Å². The highest BCUT2D eigenvalue weighted by atomic mass is 19.4. The van der Waals surface area contributed by atoms with Crippen molar-refractivity contribution >= 4 is 0 Å². The van der Waals surface area contributed by atoms with Crippen molar-refractivity contribution in [2.45, 2.75) is 12.3 Å². The summed E-state index contributed by atoms with van der Waals surface area (Å²) in [4.78, 5) is 0. The first kappa shape index (κ1) is 15.4. The second-order valence-corrected chi connectivity index (χ2v) is 4.27. The molecule has 0 heterocycles. The van der Waals surface area contributed by atoms with Gasteiger partial charge in [-0.15, -0.1) is 0 Å². The summed E-state index contributed by atoms with van der Waals surface area (Å²) in [6.45, 7) is 0. The van der Waals surface area contributed by atoms with Crippen LogP contribution in [-0.4, -0.2) is 5.11 Å². The van der Waals surface area contributed by atoms with Crippen LogP contribution in [-0.2, 0) is 6.18 Å². The van der Waals surface area contributed by atoms with Crippen molar-refractivity contribution in [3.8, 4) is 0 Å². The molecule has 0 radical (unpaired) electrons. The van der Waals surface area contributed by atoms with E-state index in [1.165, 1.54) is 0 Å². The van der Waals surface area contributed by atoms with Gasteiger partial charge in [-0.3, -0.25) is 0 Å². The summed E-state index contributed by atoms with van der Waals surface area (Å²) in [7, 11) is 0. The lowest BCUT2D eigenvalue weighted by Crippen LogP contribution is -2.15. The average molecular weight is 306 g/mol. The number of rotatable bonds is 2. The van der Waals surface area contributed by atoms with E-state index in [0.29, 0.717) is 18.2 Å². The predicted molar refractivity (Wildman–Crippen MR) is 61.8 cm³/mol. The summed E-state index contributed by atoms with van der Waals surface area (Å²) in [5.74, 6) is -3.51. The third kappa shape index (κ3) is 3.02. The smallest absolute Gasteiger partial charge is 0.383 e. The zero-order valence-corrected chi connectivity index (χ0v) is 10.3. The summed E-state index contributed by atoms with van der Waals surface area (Å²) in [5.41, 5.74) is -3.28. The minimum atomic E-state index is -4.90. The quantitative estimate of drug-likeness (QED) is 0.824. The molecule has 0 bridgehead atoms. The maximum Gasteiger partial charge on any atom is 0.416 e. The molecule has 2 aromatic rings. The number of aliphatic hydroxyl groups is 1. The monoisotopic (exact) mass is 306 g/mol. The van der Waals surface area contributed by atoms with E-state index in [1.807, 2.05) is 0 Å². The third-order valence-corrected chi connectivity index (χ3v) is 2.89. The molecule has 0 aliphatic rings. The number of halogens is 6. The van der Waals surface area contributed by atoms with Crippen molar-refractivity contribution in [1.82, 2.24) is 0 Å². The molecule has 0 aromatic heterocycles. The van der Waals surface area contributed by atoms with Gasteiger partial charge in [0.15, 0.2) is 0 Å². The first-order valence-corrected chi connectivity index (χ1v) is 5.70. The molecule has 1 nitrogen and oxygen atoms in total. The molecule has 0 saturated carbocycles. The molecule has 0 fully saturated rings. The maximum atomic E-state index is 13.5. The van der Waals surface area contributed by atoms with Crippen molar-refractivity contribution in [3.63, 3.8) is 0 Å². The van der Waals surface area contributed by atoms with Gasteiger partial charge < -0.3 is 5.11 Å². The maximum absolute atomic E-state index is 13.5. The summed E-state index contributed by atoms with van der Waals surface area (Å²) in [6, 6.07) is 3.93. The van der Waals surface area contributed by atoms with Crippen LogP contribution < -0.4 is 0 Å². The topological polar surface area (TPSA) is 20.2 Å². The van der Waals surface area contributed by atoms with Gasteiger partial charge in [0.2, 0.25) is 0 Å². The van der Waals surface area contributed by atoms with Crippen LogP contribution in [0.15, 0.2) is 36.4 Å². The van der Waals surface area contributed by atoms with Gasteiger partial charge in [0.1, 0.15) is 23.6 Å². The average Bonchev–Trinajstić information content (AvgIpc) is 2.36. The van der Waals surface area contributed by atoms with Crippen LogP contribution in [0.1, 0.15) is 22.8 Å². The molecule has 2 rings (SSSR count). The fraction of sp³-hybridized carbons (Fsp3) is 0.143. The van der Waals surface area contributed by atoms with Crippen LogP contribution in [0.5, 0.6) is 0 Å². The molecule has 0 aliphatic heterocycles. The van der Waals surface area contributed by atoms with E-state index in [9.17, 15) is 31.4 Å². The molecule has 0 aliphatic carbocycles. The zero-order chi connectivity index (χ0) is 15.8. The van der Waals surface area contributed by atoms with Gasteiger partial charge >= 0.3 is 6.18 Å². The molecular weight excluding hydrogens is 298 g/mol. The second-order valence-electron chi connectivity index (χ2n) is 4.27.